The topological polar surface area (TPSA) is 56.8 Å². The summed E-state index contributed by atoms with van der Waals surface area (Å²) in [5.74, 6) is 1.89. The first kappa shape index (κ1) is 17.4. The highest BCUT2D eigenvalue weighted by molar-refractivity contribution is 6.30. The van der Waals surface area contributed by atoms with Crippen LogP contribution in [0.4, 0.5) is 0 Å². The van der Waals surface area contributed by atoms with E-state index in [-0.39, 0.29) is 5.91 Å². The minimum absolute atomic E-state index is 0.191. The predicted octanol–water partition coefficient (Wildman–Crippen LogP) is 3.50. The molecule has 6 heteroatoms. The van der Waals surface area contributed by atoms with Crippen molar-refractivity contribution >= 4 is 17.5 Å². The van der Waals surface area contributed by atoms with Gasteiger partial charge in [0.2, 0.25) is 0 Å². The number of carbonyl (C=O) groups excluding carboxylic acids is 1. The van der Waals surface area contributed by atoms with Crippen LogP contribution in [-0.2, 0) is 11.3 Å². The van der Waals surface area contributed by atoms with Crippen molar-refractivity contribution in [1.29, 1.82) is 0 Å². The molecule has 1 unspecified atom stereocenters. The number of halogens is 1. The number of ether oxygens (including phenoxy) is 3. The molecule has 5 nitrogen and oxygen atoms in total. The number of rotatable bonds is 5. The first-order chi connectivity index (χ1) is 12.0. The van der Waals surface area contributed by atoms with Crippen molar-refractivity contribution in [1.82, 2.24) is 5.32 Å². The van der Waals surface area contributed by atoms with Crippen LogP contribution in [0.25, 0.3) is 0 Å². The second kappa shape index (κ2) is 7.66. The van der Waals surface area contributed by atoms with E-state index in [1.54, 1.807) is 25.1 Å². The van der Waals surface area contributed by atoms with E-state index in [2.05, 4.69) is 5.32 Å². The molecular formula is C19H20ClNO4. The summed E-state index contributed by atoms with van der Waals surface area (Å²) in [7, 11) is 0. The van der Waals surface area contributed by atoms with Crippen LogP contribution in [0.3, 0.4) is 0 Å². The minimum Gasteiger partial charge on any atom is -0.486 e. The van der Waals surface area contributed by atoms with Gasteiger partial charge in [0.1, 0.15) is 19.0 Å². The fourth-order valence-electron chi connectivity index (χ4n) is 2.52. The molecule has 1 heterocycles. The minimum atomic E-state index is -0.614. The van der Waals surface area contributed by atoms with Gasteiger partial charge in [0.05, 0.1) is 0 Å². The average molecular weight is 362 g/mol. The van der Waals surface area contributed by atoms with Crippen molar-refractivity contribution in [2.24, 2.45) is 0 Å². The van der Waals surface area contributed by atoms with Gasteiger partial charge >= 0.3 is 0 Å². The molecule has 3 rings (SSSR count). The van der Waals surface area contributed by atoms with E-state index >= 15 is 0 Å². The largest absolute Gasteiger partial charge is 0.486 e. The van der Waals surface area contributed by atoms with Crippen molar-refractivity contribution in [3.63, 3.8) is 0 Å². The maximum atomic E-state index is 12.3. The molecule has 25 heavy (non-hydrogen) atoms. The van der Waals surface area contributed by atoms with E-state index in [4.69, 9.17) is 25.8 Å². The van der Waals surface area contributed by atoms with Crippen LogP contribution in [0.15, 0.2) is 36.4 Å². The van der Waals surface area contributed by atoms with Gasteiger partial charge in [-0.1, -0.05) is 17.7 Å². The summed E-state index contributed by atoms with van der Waals surface area (Å²) >= 11 is 5.93. The molecule has 1 aliphatic heterocycles. The molecule has 0 aromatic heterocycles. The molecule has 0 saturated heterocycles. The van der Waals surface area contributed by atoms with Gasteiger partial charge in [-0.3, -0.25) is 4.79 Å². The van der Waals surface area contributed by atoms with Crippen molar-refractivity contribution in [2.75, 3.05) is 13.2 Å². The van der Waals surface area contributed by atoms with Crippen LogP contribution in [-0.4, -0.2) is 25.2 Å². The average Bonchev–Trinajstić information content (AvgIpc) is 2.61. The number of nitrogens with one attached hydrogen (secondary N) is 1. The fourth-order valence-corrected chi connectivity index (χ4v) is 2.75. The third-order valence-corrected chi connectivity index (χ3v) is 4.12. The van der Waals surface area contributed by atoms with E-state index < -0.39 is 6.10 Å². The summed E-state index contributed by atoms with van der Waals surface area (Å²) in [6, 6.07) is 10.9. The summed E-state index contributed by atoms with van der Waals surface area (Å²) in [5.41, 5.74) is 1.83. The molecule has 0 fully saturated rings. The van der Waals surface area contributed by atoms with Crippen molar-refractivity contribution < 1.29 is 19.0 Å². The molecule has 1 atom stereocenters. The van der Waals surface area contributed by atoms with Crippen LogP contribution in [0, 0.1) is 6.92 Å². The number of benzene rings is 2. The quantitative estimate of drug-likeness (QED) is 0.885. The van der Waals surface area contributed by atoms with Crippen molar-refractivity contribution in [2.45, 2.75) is 26.5 Å². The molecule has 0 bridgehead atoms. The molecule has 0 spiro atoms. The Morgan fingerprint density at radius 2 is 1.96 bits per heavy atom. The Bertz CT molecular complexity index is 778. The van der Waals surface area contributed by atoms with Crippen molar-refractivity contribution in [3.05, 3.63) is 52.5 Å². The summed E-state index contributed by atoms with van der Waals surface area (Å²) in [6.07, 6.45) is -0.614. The molecule has 2 aromatic rings. The zero-order chi connectivity index (χ0) is 17.8. The SMILES string of the molecule is Cc1cc(Cl)ccc1OC(C)C(=O)NCc1ccc2c(c1)OCCO2. The second-order valence-electron chi connectivity index (χ2n) is 5.87. The van der Waals surface area contributed by atoms with Crippen LogP contribution in [0.2, 0.25) is 5.02 Å². The second-order valence-corrected chi connectivity index (χ2v) is 6.30. The fraction of sp³-hybridized carbons (Fsp3) is 0.316. The van der Waals surface area contributed by atoms with Crippen LogP contribution in [0.5, 0.6) is 17.2 Å². The standard InChI is InChI=1S/C19H20ClNO4/c1-12-9-15(20)4-6-16(12)25-13(2)19(22)21-11-14-3-5-17-18(10-14)24-8-7-23-17/h3-6,9-10,13H,7-8,11H2,1-2H3,(H,21,22). The Balaban J connectivity index is 1.56. The maximum Gasteiger partial charge on any atom is 0.261 e. The molecule has 0 saturated carbocycles. The summed E-state index contributed by atoms with van der Waals surface area (Å²) in [6.45, 7) is 5.09. The molecular weight excluding hydrogens is 342 g/mol. The van der Waals surface area contributed by atoms with Gasteiger partial charge in [0.25, 0.3) is 5.91 Å². The lowest BCUT2D eigenvalue weighted by atomic mass is 10.2. The molecule has 1 N–H and O–H groups in total. The van der Waals surface area contributed by atoms with Gasteiger partial charge in [-0.2, -0.15) is 0 Å². The highest BCUT2D eigenvalue weighted by atomic mass is 35.5. The number of hydrogen-bond donors (Lipinski definition) is 1. The zero-order valence-corrected chi connectivity index (χ0v) is 14.9. The molecule has 0 aliphatic carbocycles. The number of carbonyl (C=O) groups is 1. The van der Waals surface area contributed by atoms with Gasteiger partial charge in [0, 0.05) is 11.6 Å². The third-order valence-electron chi connectivity index (χ3n) is 3.88. The molecule has 1 amide bonds. The lowest BCUT2D eigenvalue weighted by Crippen LogP contribution is -2.36. The lowest BCUT2D eigenvalue weighted by Gasteiger charge is -2.19. The smallest absolute Gasteiger partial charge is 0.261 e. The summed E-state index contributed by atoms with van der Waals surface area (Å²) in [5, 5.41) is 3.51. The van der Waals surface area contributed by atoms with E-state index in [1.165, 1.54) is 0 Å². The molecule has 1 aliphatic rings. The van der Waals surface area contributed by atoms with Gasteiger partial charge in [-0.15, -0.1) is 0 Å². The van der Waals surface area contributed by atoms with Gasteiger partial charge in [0.15, 0.2) is 17.6 Å². The van der Waals surface area contributed by atoms with E-state index in [9.17, 15) is 4.79 Å². The van der Waals surface area contributed by atoms with Crippen LogP contribution >= 0.6 is 11.6 Å². The predicted molar refractivity (Wildman–Crippen MR) is 95.6 cm³/mol. The number of amides is 1. The van der Waals surface area contributed by atoms with Gasteiger partial charge < -0.3 is 19.5 Å². The molecule has 2 aromatic carbocycles. The van der Waals surface area contributed by atoms with E-state index in [0.717, 1.165) is 16.9 Å². The Morgan fingerprint density at radius 1 is 1.20 bits per heavy atom. The zero-order valence-electron chi connectivity index (χ0n) is 14.2. The lowest BCUT2D eigenvalue weighted by molar-refractivity contribution is -0.127. The maximum absolute atomic E-state index is 12.3. The highest BCUT2D eigenvalue weighted by Gasteiger charge is 2.16. The first-order valence-corrected chi connectivity index (χ1v) is 8.50. The Hall–Kier alpha value is -2.40. The van der Waals surface area contributed by atoms with Crippen LogP contribution < -0.4 is 19.5 Å². The monoisotopic (exact) mass is 361 g/mol. The number of hydrogen-bond acceptors (Lipinski definition) is 4. The Morgan fingerprint density at radius 3 is 2.72 bits per heavy atom. The third kappa shape index (κ3) is 4.37. The normalized spacial score (nSPS) is 13.9. The van der Waals surface area contributed by atoms with E-state index in [1.807, 2.05) is 25.1 Å². The number of fused-ring (bicyclic) bond motifs is 1. The Kier molecular flexibility index (Phi) is 5.34. The van der Waals surface area contributed by atoms with E-state index in [0.29, 0.717) is 36.3 Å². The molecule has 0 radical (unpaired) electrons. The molecule has 132 valence electrons. The van der Waals surface area contributed by atoms with Crippen molar-refractivity contribution in [3.8, 4) is 17.2 Å². The van der Waals surface area contributed by atoms with Crippen LogP contribution in [0.1, 0.15) is 18.1 Å². The summed E-state index contributed by atoms with van der Waals surface area (Å²) < 4.78 is 16.8. The van der Waals surface area contributed by atoms with Gasteiger partial charge in [-0.25, -0.2) is 0 Å². The summed E-state index contributed by atoms with van der Waals surface area (Å²) in [4.78, 5) is 12.3. The van der Waals surface area contributed by atoms with Gasteiger partial charge in [-0.05, 0) is 55.3 Å². The first-order valence-electron chi connectivity index (χ1n) is 8.12. The number of aryl methyl sites for hydroxylation is 1. The Labute approximate surface area is 151 Å². The highest BCUT2D eigenvalue weighted by Crippen LogP contribution is 2.30.